The third kappa shape index (κ3) is 8.00. The molecule has 1 rings (SSSR count). The summed E-state index contributed by atoms with van der Waals surface area (Å²) in [5.41, 5.74) is 2.57. The van der Waals surface area contributed by atoms with Crippen molar-refractivity contribution in [3.8, 4) is 0 Å². The summed E-state index contributed by atoms with van der Waals surface area (Å²) in [6.07, 6.45) is 0. The highest BCUT2D eigenvalue weighted by Gasteiger charge is 2.01. The zero-order chi connectivity index (χ0) is 16.9. The van der Waals surface area contributed by atoms with Crippen molar-refractivity contribution in [3.05, 3.63) is 35.4 Å². The zero-order valence-corrected chi connectivity index (χ0v) is 15.1. The largest absolute Gasteiger partial charge is 0.383 e. The number of nitrogens with zero attached hydrogens (tertiary/aromatic N) is 2. The maximum absolute atomic E-state index is 5.05. The van der Waals surface area contributed by atoms with Crippen LogP contribution in [0.3, 0.4) is 0 Å². The molecule has 0 saturated heterocycles. The minimum absolute atomic E-state index is 0.671. The molecule has 0 radical (unpaired) electrons. The van der Waals surface area contributed by atoms with Crippen LogP contribution in [0.5, 0.6) is 0 Å². The molecule has 1 aromatic carbocycles. The summed E-state index contributed by atoms with van der Waals surface area (Å²) in [6.45, 7) is 12.6. The molecule has 0 aliphatic rings. The number of hydrogen-bond acceptors (Lipinski definition) is 3. The summed E-state index contributed by atoms with van der Waals surface area (Å²) in [5, 5.41) is 6.49. The number of guanidine groups is 1. The molecule has 2 N–H and O–H groups in total. The lowest BCUT2D eigenvalue weighted by Crippen LogP contribution is -2.38. The average molecular weight is 320 g/mol. The van der Waals surface area contributed by atoms with E-state index in [4.69, 9.17) is 4.74 Å². The molecule has 0 amide bonds. The summed E-state index contributed by atoms with van der Waals surface area (Å²) in [6, 6.07) is 8.74. The Bertz CT molecular complexity index is 441. The smallest absolute Gasteiger partial charge is 0.191 e. The van der Waals surface area contributed by atoms with Crippen LogP contribution in [0, 0.1) is 0 Å². The molecule has 1 aromatic rings. The molecule has 0 fully saturated rings. The average Bonchev–Trinajstić information content (AvgIpc) is 2.58. The maximum atomic E-state index is 5.05. The molecule has 0 aromatic heterocycles. The fourth-order valence-electron chi connectivity index (χ4n) is 2.24. The third-order valence-electron chi connectivity index (χ3n) is 3.69. The highest BCUT2D eigenvalue weighted by Crippen LogP contribution is 2.08. The number of ether oxygens (including phenoxy) is 1. The van der Waals surface area contributed by atoms with E-state index in [0.29, 0.717) is 13.2 Å². The summed E-state index contributed by atoms with van der Waals surface area (Å²) in [5.74, 6) is 0.830. The Hall–Kier alpha value is -1.59. The minimum Gasteiger partial charge on any atom is -0.383 e. The number of rotatable bonds is 10. The van der Waals surface area contributed by atoms with Gasteiger partial charge in [-0.25, -0.2) is 4.99 Å². The molecule has 0 unspecified atom stereocenters. The normalized spacial score (nSPS) is 11.8. The van der Waals surface area contributed by atoms with Gasteiger partial charge < -0.3 is 15.4 Å². The van der Waals surface area contributed by atoms with Gasteiger partial charge in [0.25, 0.3) is 0 Å². The van der Waals surface area contributed by atoms with Crippen molar-refractivity contribution in [2.75, 3.05) is 39.9 Å². The third-order valence-corrected chi connectivity index (χ3v) is 3.69. The van der Waals surface area contributed by atoms with Gasteiger partial charge in [-0.1, -0.05) is 38.1 Å². The first-order valence-electron chi connectivity index (χ1n) is 8.54. The molecule has 5 nitrogen and oxygen atoms in total. The number of methoxy groups -OCH3 is 1. The maximum Gasteiger partial charge on any atom is 0.191 e. The molecule has 23 heavy (non-hydrogen) atoms. The van der Waals surface area contributed by atoms with Crippen LogP contribution in [0.4, 0.5) is 0 Å². The Morgan fingerprint density at radius 1 is 1.04 bits per heavy atom. The highest BCUT2D eigenvalue weighted by atomic mass is 16.5. The molecule has 130 valence electrons. The molecule has 0 spiro atoms. The van der Waals surface area contributed by atoms with Gasteiger partial charge in [0, 0.05) is 26.7 Å². The molecule has 0 atom stereocenters. The SMILES string of the molecule is CCNC(=NCc1ccc(CN(CC)CC)cc1)NCCOC. The highest BCUT2D eigenvalue weighted by molar-refractivity contribution is 5.79. The van der Waals surface area contributed by atoms with Gasteiger partial charge in [-0.3, -0.25) is 4.90 Å². The first kappa shape index (κ1) is 19.5. The predicted molar refractivity (Wildman–Crippen MR) is 97.8 cm³/mol. The van der Waals surface area contributed by atoms with E-state index in [9.17, 15) is 0 Å². The second-order valence-corrected chi connectivity index (χ2v) is 5.39. The van der Waals surface area contributed by atoms with Gasteiger partial charge in [-0.2, -0.15) is 0 Å². The lowest BCUT2D eigenvalue weighted by atomic mass is 10.1. The van der Waals surface area contributed by atoms with E-state index >= 15 is 0 Å². The topological polar surface area (TPSA) is 48.9 Å². The van der Waals surface area contributed by atoms with Crippen molar-refractivity contribution in [2.24, 2.45) is 4.99 Å². The van der Waals surface area contributed by atoms with Gasteiger partial charge in [-0.05, 0) is 31.1 Å². The monoisotopic (exact) mass is 320 g/mol. The van der Waals surface area contributed by atoms with Crippen molar-refractivity contribution in [2.45, 2.75) is 33.9 Å². The van der Waals surface area contributed by atoms with E-state index in [2.05, 4.69) is 65.6 Å². The number of hydrogen-bond donors (Lipinski definition) is 2. The zero-order valence-electron chi connectivity index (χ0n) is 15.1. The van der Waals surface area contributed by atoms with Gasteiger partial charge in [0.2, 0.25) is 0 Å². The van der Waals surface area contributed by atoms with Crippen LogP contribution in [0.25, 0.3) is 0 Å². The fraction of sp³-hybridized carbons (Fsp3) is 0.611. The Balaban J connectivity index is 2.56. The molecular weight excluding hydrogens is 288 g/mol. The van der Waals surface area contributed by atoms with Crippen molar-refractivity contribution in [1.29, 1.82) is 0 Å². The Morgan fingerprint density at radius 3 is 2.26 bits per heavy atom. The molecule has 0 aliphatic heterocycles. The second-order valence-electron chi connectivity index (χ2n) is 5.39. The molecule has 0 aliphatic carbocycles. The fourth-order valence-corrected chi connectivity index (χ4v) is 2.24. The standard InChI is InChI=1S/C18H32N4O/c1-5-19-18(20-12-13-23-4)21-14-16-8-10-17(11-9-16)15-22(6-2)7-3/h8-11H,5-7,12-15H2,1-4H3,(H2,19,20,21). The van der Waals surface area contributed by atoms with Crippen LogP contribution in [-0.2, 0) is 17.8 Å². The Kier molecular flexibility index (Phi) is 10.1. The molecule has 0 saturated carbocycles. The quantitative estimate of drug-likeness (QED) is 0.394. The summed E-state index contributed by atoms with van der Waals surface area (Å²) in [4.78, 5) is 7.02. The van der Waals surface area contributed by atoms with Crippen LogP contribution in [-0.4, -0.2) is 50.8 Å². The van der Waals surface area contributed by atoms with Crippen LogP contribution >= 0.6 is 0 Å². The van der Waals surface area contributed by atoms with E-state index in [1.807, 2.05) is 0 Å². The number of aliphatic imine (C=N–C) groups is 1. The second kappa shape index (κ2) is 11.9. The Morgan fingerprint density at radius 2 is 1.70 bits per heavy atom. The van der Waals surface area contributed by atoms with E-state index in [1.54, 1.807) is 7.11 Å². The van der Waals surface area contributed by atoms with Crippen LogP contribution < -0.4 is 10.6 Å². The summed E-state index contributed by atoms with van der Waals surface area (Å²) >= 11 is 0. The molecular formula is C18H32N4O. The molecule has 0 bridgehead atoms. The van der Waals surface area contributed by atoms with Crippen molar-refractivity contribution in [1.82, 2.24) is 15.5 Å². The van der Waals surface area contributed by atoms with Gasteiger partial charge in [0.1, 0.15) is 0 Å². The van der Waals surface area contributed by atoms with Crippen LogP contribution in [0.1, 0.15) is 31.9 Å². The first-order valence-corrected chi connectivity index (χ1v) is 8.54. The summed E-state index contributed by atoms with van der Waals surface area (Å²) < 4.78 is 5.05. The summed E-state index contributed by atoms with van der Waals surface area (Å²) in [7, 11) is 1.70. The van der Waals surface area contributed by atoms with Gasteiger partial charge in [0.05, 0.1) is 13.2 Å². The van der Waals surface area contributed by atoms with Gasteiger partial charge in [-0.15, -0.1) is 0 Å². The van der Waals surface area contributed by atoms with Gasteiger partial charge in [0.15, 0.2) is 5.96 Å². The van der Waals surface area contributed by atoms with E-state index in [1.165, 1.54) is 11.1 Å². The molecule has 0 heterocycles. The van der Waals surface area contributed by atoms with Crippen LogP contribution in [0.2, 0.25) is 0 Å². The first-order chi connectivity index (χ1) is 11.2. The lowest BCUT2D eigenvalue weighted by molar-refractivity contribution is 0.203. The van der Waals surface area contributed by atoms with E-state index in [-0.39, 0.29) is 0 Å². The predicted octanol–water partition coefficient (Wildman–Crippen LogP) is 2.23. The number of nitrogens with one attached hydrogen (secondary N) is 2. The molecule has 5 heteroatoms. The lowest BCUT2D eigenvalue weighted by Gasteiger charge is -2.18. The van der Waals surface area contributed by atoms with Crippen molar-refractivity contribution in [3.63, 3.8) is 0 Å². The van der Waals surface area contributed by atoms with E-state index in [0.717, 1.165) is 38.7 Å². The number of benzene rings is 1. The Labute approximate surface area is 141 Å². The van der Waals surface area contributed by atoms with Crippen molar-refractivity contribution < 1.29 is 4.74 Å². The van der Waals surface area contributed by atoms with E-state index < -0.39 is 0 Å². The van der Waals surface area contributed by atoms with Crippen LogP contribution in [0.15, 0.2) is 29.3 Å². The minimum atomic E-state index is 0.671. The van der Waals surface area contributed by atoms with Gasteiger partial charge >= 0.3 is 0 Å². The van der Waals surface area contributed by atoms with Crippen molar-refractivity contribution >= 4 is 5.96 Å².